The summed E-state index contributed by atoms with van der Waals surface area (Å²) in [5.74, 6) is 0.843. The van der Waals surface area contributed by atoms with Gasteiger partial charge in [-0.15, -0.1) is 0 Å². The van der Waals surface area contributed by atoms with Crippen LogP contribution in [0, 0.1) is 5.41 Å². The molecule has 0 atom stereocenters. The highest BCUT2D eigenvalue weighted by Crippen LogP contribution is 2.43. The Morgan fingerprint density at radius 2 is 2.00 bits per heavy atom. The molecular weight excluding hydrogens is 204 g/mol. The summed E-state index contributed by atoms with van der Waals surface area (Å²) in [7, 11) is 1.65. The van der Waals surface area contributed by atoms with E-state index in [4.69, 9.17) is 9.47 Å². The molecule has 3 nitrogen and oxygen atoms in total. The van der Waals surface area contributed by atoms with Crippen molar-refractivity contribution in [1.29, 1.82) is 0 Å². The molecule has 1 aromatic carbocycles. The van der Waals surface area contributed by atoms with Gasteiger partial charge in [-0.3, -0.25) is 0 Å². The number of rotatable bonds is 6. The molecule has 1 fully saturated rings. The van der Waals surface area contributed by atoms with Crippen molar-refractivity contribution in [3.8, 4) is 5.75 Å². The molecule has 0 heterocycles. The van der Waals surface area contributed by atoms with Crippen LogP contribution in [0.1, 0.15) is 18.4 Å². The highest BCUT2D eigenvalue weighted by atomic mass is 16.5. The molecular formula is C13H16O3. The Hall–Kier alpha value is -1.35. The molecule has 1 aromatic rings. The Bertz CT molecular complexity index is 352. The summed E-state index contributed by atoms with van der Waals surface area (Å²) < 4.78 is 10.6. The van der Waals surface area contributed by atoms with Gasteiger partial charge in [-0.1, -0.05) is 12.1 Å². The third kappa shape index (κ3) is 2.61. The largest absolute Gasteiger partial charge is 0.497 e. The van der Waals surface area contributed by atoms with Gasteiger partial charge in [0.05, 0.1) is 20.3 Å². The van der Waals surface area contributed by atoms with Gasteiger partial charge in [0.1, 0.15) is 12.0 Å². The van der Waals surface area contributed by atoms with E-state index in [0.717, 1.165) is 30.4 Å². The van der Waals surface area contributed by atoms with Gasteiger partial charge in [0.25, 0.3) is 0 Å². The molecule has 0 bridgehead atoms. The molecule has 0 unspecified atom stereocenters. The number of benzene rings is 1. The molecule has 3 heteroatoms. The lowest BCUT2D eigenvalue weighted by atomic mass is 10.1. The summed E-state index contributed by atoms with van der Waals surface area (Å²) in [6.07, 6.45) is 2.97. The van der Waals surface area contributed by atoms with Crippen molar-refractivity contribution < 1.29 is 14.3 Å². The van der Waals surface area contributed by atoms with Crippen LogP contribution in [0.3, 0.4) is 0 Å². The zero-order valence-corrected chi connectivity index (χ0v) is 9.44. The molecule has 1 aliphatic carbocycles. The third-order valence-corrected chi connectivity index (χ3v) is 2.96. The van der Waals surface area contributed by atoms with Gasteiger partial charge in [0.2, 0.25) is 0 Å². The summed E-state index contributed by atoms with van der Waals surface area (Å²) in [4.78, 5) is 10.7. The minimum atomic E-state index is -0.160. The molecule has 2 rings (SSSR count). The van der Waals surface area contributed by atoms with Crippen molar-refractivity contribution >= 4 is 6.29 Å². The van der Waals surface area contributed by atoms with Gasteiger partial charge < -0.3 is 14.3 Å². The van der Waals surface area contributed by atoms with E-state index in [1.54, 1.807) is 7.11 Å². The van der Waals surface area contributed by atoms with E-state index in [0.29, 0.717) is 13.2 Å². The van der Waals surface area contributed by atoms with Gasteiger partial charge in [-0.25, -0.2) is 0 Å². The SMILES string of the molecule is COc1ccc(COCC2(C=O)CC2)cc1. The third-order valence-electron chi connectivity index (χ3n) is 2.96. The van der Waals surface area contributed by atoms with Crippen molar-refractivity contribution in [2.75, 3.05) is 13.7 Å². The number of ether oxygens (including phenoxy) is 2. The van der Waals surface area contributed by atoms with E-state index in [9.17, 15) is 4.79 Å². The van der Waals surface area contributed by atoms with E-state index in [2.05, 4.69) is 0 Å². The number of carbonyl (C=O) groups excluding carboxylic acids is 1. The first-order valence-corrected chi connectivity index (χ1v) is 5.45. The van der Waals surface area contributed by atoms with Gasteiger partial charge in [-0.2, -0.15) is 0 Å². The maximum Gasteiger partial charge on any atom is 0.128 e. The molecule has 0 saturated heterocycles. The molecule has 0 amide bonds. The molecule has 0 radical (unpaired) electrons. The fraction of sp³-hybridized carbons (Fsp3) is 0.462. The van der Waals surface area contributed by atoms with Crippen LogP contribution >= 0.6 is 0 Å². The molecule has 0 aromatic heterocycles. The van der Waals surface area contributed by atoms with Crippen molar-refractivity contribution in [3.05, 3.63) is 29.8 Å². The smallest absolute Gasteiger partial charge is 0.128 e. The molecule has 1 saturated carbocycles. The fourth-order valence-corrected chi connectivity index (χ4v) is 1.55. The van der Waals surface area contributed by atoms with E-state index >= 15 is 0 Å². The number of hydrogen-bond donors (Lipinski definition) is 0. The monoisotopic (exact) mass is 220 g/mol. The summed E-state index contributed by atoms with van der Waals surface area (Å²) >= 11 is 0. The summed E-state index contributed by atoms with van der Waals surface area (Å²) in [5, 5.41) is 0. The summed E-state index contributed by atoms with van der Waals surface area (Å²) in [6, 6.07) is 7.76. The lowest BCUT2D eigenvalue weighted by Crippen LogP contribution is -2.11. The van der Waals surface area contributed by atoms with Crippen LogP contribution in [0.25, 0.3) is 0 Å². The van der Waals surface area contributed by atoms with Gasteiger partial charge >= 0.3 is 0 Å². The predicted octanol–water partition coefficient (Wildman–Crippen LogP) is 2.19. The molecule has 0 spiro atoms. The first-order chi connectivity index (χ1) is 7.78. The van der Waals surface area contributed by atoms with Gasteiger partial charge in [0, 0.05) is 5.41 Å². The lowest BCUT2D eigenvalue weighted by Gasteiger charge is -2.08. The molecule has 0 aliphatic heterocycles. The molecule has 86 valence electrons. The quantitative estimate of drug-likeness (QED) is 0.689. The highest BCUT2D eigenvalue weighted by molar-refractivity contribution is 5.63. The Kier molecular flexibility index (Phi) is 3.25. The van der Waals surface area contributed by atoms with Crippen molar-refractivity contribution in [2.45, 2.75) is 19.4 Å². The van der Waals surface area contributed by atoms with E-state index in [-0.39, 0.29) is 5.41 Å². The van der Waals surface area contributed by atoms with Gasteiger partial charge in [-0.05, 0) is 30.5 Å². The fourth-order valence-electron chi connectivity index (χ4n) is 1.55. The minimum Gasteiger partial charge on any atom is -0.497 e. The maximum atomic E-state index is 10.7. The lowest BCUT2D eigenvalue weighted by molar-refractivity contribution is -0.114. The molecule has 1 aliphatic rings. The number of aldehydes is 1. The predicted molar refractivity (Wildman–Crippen MR) is 60.4 cm³/mol. The van der Waals surface area contributed by atoms with E-state index in [1.807, 2.05) is 24.3 Å². The topological polar surface area (TPSA) is 35.5 Å². The van der Waals surface area contributed by atoms with Crippen LogP contribution in [0.4, 0.5) is 0 Å². The first-order valence-electron chi connectivity index (χ1n) is 5.45. The van der Waals surface area contributed by atoms with E-state index < -0.39 is 0 Å². The molecule has 0 N–H and O–H groups in total. The molecule has 16 heavy (non-hydrogen) atoms. The standard InChI is InChI=1S/C13H16O3/c1-15-12-4-2-11(3-5-12)8-16-10-13(9-14)6-7-13/h2-5,9H,6-8,10H2,1H3. The summed E-state index contributed by atoms with van der Waals surface area (Å²) in [5.41, 5.74) is 0.939. The van der Waals surface area contributed by atoms with Crippen molar-refractivity contribution in [1.82, 2.24) is 0 Å². The average molecular weight is 220 g/mol. The summed E-state index contributed by atoms with van der Waals surface area (Å²) in [6.45, 7) is 1.10. The Morgan fingerprint density at radius 3 is 2.50 bits per heavy atom. The number of methoxy groups -OCH3 is 1. The second kappa shape index (κ2) is 4.66. The first kappa shape index (κ1) is 11.1. The highest BCUT2D eigenvalue weighted by Gasteiger charge is 2.42. The van der Waals surface area contributed by atoms with Crippen LogP contribution in [0.5, 0.6) is 5.75 Å². The van der Waals surface area contributed by atoms with E-state index in [1.165, 1.54) is 0 Å². The Labute approximate surface area is 95.4 Å². The van der Waals surface area contributed by atoms with Crippen LogP contribution in [-0.2, 0) is 16.1 Å². The van der Waals surface area contributed by atoms with Crippen LogP contribution < -0.4 is 4.74 Å². The maximum absolute atomic E-state index is 10.7. The second-order valence-corrected chi connectivity index (χ2v) is 4.32. The van der Waals surface area contributed by atoms with Crippen LogP contribution in [0.2, 0.25) is 0 Å². The second-order valence-electron chi connectivity index (χ2n) is 4.32. The van der Waals surface area contributed by atoms with Crippen molar-refractivity contribution in [3.63, 3.8) is 0 Å². The van der Waals surface area contributed by atoms with Gasteiger partial charge in [0.15, 0.2) is 0 Å². The Balaban J connectivity index is 1.78. The average Bonchev–Trinajstić information content (AvgIpc) is 3.11. The Morgan fingerprint density at radius 1 is 1.31 bits per heavy atom. The van der Waals surface area contributed by atoms with Crippen molar-refractivity contribution in [2.24, 2.45) is 5.41 Å². The normalized spacial score (nSPS) is 16.8. The number of hydrogen-bond acceptors (Lipinski definition) is 3. The minimum absolute atomic E-state index is 0.160. The number of carbonyl (C=O) groups is 1. The zero-order chi connectivity index (χ0) is 11.4. The van der Waals surface area contributed by atoms with Crippen LogP contribution in [-0.4, -0.2) is 20.0 Å². The zero-order valence-electron chi connectivity index (χ0n) is 9.44. The van der Waals surface area contributed by atoms with Crippen LogP contribution in [0.15, 0.2) is 24.3 Å².